The molecule has 11 aromatic rings. The Morgan fingerprint density at radius 1 is 0.306 bits per heavy atom. The van der Waals surface area contributed by atoms with E-state index in [-0.39, 0.29) is 5.41 Å². The van der Waals surface area contributed by atoms with Crippen molar-refractivity contribution in [3.8, 4) is 55.6 Å². The van der Waals surface area contributed by atoms with E-state index in [2.05, 4.69) is 291 Å². The Kier molecular flexibility index (Phi) is 9.50. The number of anilines is 6. The van der Waals surface area contributed by atoms with E-state index in [0.29, 0.717) is 0 Å². The molecule has 0 aromatic heterocycles. The van der Waals surface area contributed by atoms with Gasteiger partial charge in [-0.3, -0.25) is 0 Å². The standard InChI is InChI=1S/C70H50N2/c1-69(2)59-28-12-9-25-56(59)57-45-40-50(46-64(57)69)47-36-41-52(42-37-47)71(65-33-16-11-24-54(65)48-20-5-3-6-21-48)53-43-38-49(39-44-53)55-27-19-32-63-68(55)58-26-10-13-29-60(58)70(63)61-30-14-17-34-66(61)72(51-22-7-4-8-23-51)67-35-18-15-31-62(67)70/h3-46H,1-2H3. The second-order valence-corrected chi connectivity index (χ2v) is 20.0. The number of rotatable bonds is 7. The quantitative estimate of drug-likeness (QED) is 0.157. The number of para-hydroxylation sites is 4. The Morgan fingerprint density at radius 3 is 1.46 bits per heavy atom. The largest absolute Gasteiger partial charge is 0.310 e. The van der Waals surface area contributed by atoms with Gasteiger partial charge in [-0.05, 0) is 144 Å². The summed E-state index contributed by atoms with van der Waals surface area (Å²) in [5.74, 6) is 0. The van der Waals surface area contributed by atoms with Crippen molar-refractivity contribution in [2.45, 2.75) is 24.7 Å². The average molecular weight is 919 g/mol. The fourth-order valence-corrected chi connectivity index (χ4v) is 12.7. The van der Waals surface area contributed by atoms with Crippen LogP contribution in [0.4, 0.5) is 34.1 Å². The van der Waals surface area contributed by atoms with Crippen LogP contribution < -0.4 is 9.80 Å². The van der Waals surface area contributed by atoms with Crippen LogP contribution in [-0.2, 0) is 10.8 Å². The molecule has 11 aromatic carbocycles. The molecule has 0 unspecified atom stereocenters. The Morgan fingerprint density at radius 2 is 0.778 bits per heavy atom. The third-order valence-electron chi connectivity index (χ3n) is 15.9. The van der Waals surface area contributed by atoms with E-state index in [9.17, 15) is 0 Å². The monoisotopic (exact) mass is 918 g/mol. The molecule has 0 saturated carbocycles. The van der Waals surface area contributed by atoms with Gasteiger partial charge in [0.1, 0.15) is 0 Å². The van der Waals surface area contributed by atoms with Crippen molar-refractivity contribution in [1.82, 2.24) is 0 Å². The highest BCUT2D eigenvalue weighted by Gasteiger charge is 2.52. The lowest BCUT2D eigenvalue weighted by Crippen LogP contribution is -2.36. The van der Waals surface area contributed by atoms with Crippen molar-refractivity contribution >= 4 is 34.1 Å². The number of nitrogens with zero attached hydrogens (tertiary/aromatic N) is 2. The number of fused-ring (bicyclic) bond motifs is 12. The maximum absolute atomic E-state index is 2.45. The lowest BCUT2D eigenvalue weighted by atomic mass is 9.64. The van der Waals surface area contributed by atoms with Crippen LogP contribution in [0.25, 0.3) is 55.6 Å². The zero-order valence-corrected chi connectivity index (χ0v) is 40.3. The zero-order chi connectivity index (χ0) is 48.0. The summed E-state index contributed by atoms with van der Waals surface area (Å²) in [6.45, 7) is 4.71. The summed E-state index contributed by atoms with van der Waals surface area (Å²) in [6, 6.07) is 98.9. The van der Waals surface area contributed by atoms with Crippen LogP contribution in [0.1, 0.15) is 47.2 Å². The van der Waals surface area contributed by atoms with Crippen molar-refractivity contribution in [1.29, 1.82) is 0 Å². The lowest BCUT2D eigenvalue weighted by Gasteiger charge is -2.45. The van der Waals surface area contributed by atoms with E-state index in [1.54, 1.807) is 0 Å². The van der Waals surface area contributed by atoms with Gasteiger partial charge in [0.25, 0.3) is 0 Å². The van der Waals surface area contributed by atoms with Gasteiger partial charge >= 0.3 is 0 Å². The van der Waals surface area contributed by atoms with Crippen molar-refractivity contribution < 1.29 is 0 Å². The minimum Gasteiger partial charge on any atom is -0.310 e. The van der Waals surface area contributed by atoms with Gasteiger partial charge in [-0.25, -0.2) is 0 Å². The average Bonchev–Trinajstić information content (AvgIpc) is 3.88. The number of hydrogen-bond donors (Lipinski definition) is 0. The molecule has 2 aliphatic carbocycles. The SMILES string of the molecule is CC1(C)c2ccccc2-c2ccc(-c3ccc(N(c4ccc(-c5cccc6c5-c5ccccc5C65c6ccccc6N(c6ccccc6)c6ccccc65)cc4)c4ccccc4-c4ccccc4)cc3)cc21. The first kappa shape index (κ1) is 41.9. The normalized spacial score (nSPS) is 13.9. The maximum Gasteiger partial charge on any atom is 0.0754 e. The molecule has 72 heavy (non-hydrogen) atoms. The summed E-state index contributed by atoms with van der Waals surface area (Å²) in [5.41, 5.74) is 26.7. The van der Waals surface area contributed by atoms with Gasteiger partial charge in [0.15, 0.2) is 0 Å². The van der Waals surface area contributed by atoms with Crippen LogP contribution in [-0.4, -0.2) is 0 Å². The van der Waals surface area contributed by atoms with Crippen molar-refractivity contribution in [3.63, 3.8) is 0 Å². The fraction of sp³-hybridized carbons (Fsp3) is 0.0571. The Balaban J connectivity index is 0.895. The van der Waals surface area contributed by atoms with E-state index in [0.717, 1.165) is 22.7 Å². The third-order valence-corrected chi connectivity index (χ3v) is 15.9. The fourth-order valence-electron chi connectivity index (χ4n) is 12.7. The van der Waals surface area contributed by atoms with Gasteiger partial charge < -0.3 is 9.80 Å². The van der Waals surface area contributed by atoms with Gasteiger partial charge in [-0.1, -0.05) is 220 Å². The summed E-state index contributed by atoms with van der Waals surface area (Å²) < 4.78 is 0. The van der Waals surface area contributed by atoms with Gasteiger partial charge in [-0.15, -0.1) is 0 Å². The molecule has 0 atom stereocenters. The summed E-state index contributed by atoms with van der Waals surface area (Å²) in [7, 11) is 0. The third kappa shape index (κ3) is 6.15. The molecule has 0 radical (unpaired) electrons. The predicted octanol–water partition coefficient (Wildman–Crippen LogP) is 18.6. The van der Waals surface area contributed by atoms with Crippen LogP contribution in [0.2, 0.25) is 0 Å². The highest BCUT2D eigenvalue weighted by atomic mass is 15.2. The van der Waals surface area contributed by atoms with Gasteiger partial charge in [-0.2, -0.15) is 0 Å². The van der Waals surface area contributed by atoms with E-state index >= 15 is 0 Å². The lowest BCUT2D eigenvalue weighted by molar-refractivity contribution is 0.660. The van der Waals surface area contributed by atoms with Crippen LogP contribution in [0.15, 0.2) is 267 Å². The molecule has 2 heteroatoms. The topological polar surface area (TPSA) is 6.48 Å². The predicted molar refractivity (Wildman–Crippen MR) is 301 cm³/mol. The second kappa shape index (κ2) is 16.3. The molecule has 0 fully saturated rings. The molecule has 1 aliphatic heterocycles. The Bertz CT molecular complexity index is 3840. The number of benzene rings is 11. The number of hydrogen-bond acceptors (Lipinski definition) is 2. The van der Waals surface area contributed by atoms with Crippen molar-refractivity contribution in [2.24, 2.45) is 0 Å². The molecule has 0 amide bonds. The minimum atomic E-state index is -0.522. The first-order chi connectivity index (χ1) is 35.5. The smallest absolute Gasteiger partial charge is 0.0754 e. The van der Waals surface area contributed by atoms with E-state index < -0.39 is 5.41 Å². The molecule has 0 bridgehead atoms. The van der Waals surface area contributed by atoms with Gasteiger partial charge in [0, 0.05) is 28.0 Å². The summed E-state index contributed by atoms with van der Waals surface area (Å²) >= 11 is 0. The molecule has 0 N–H and O–H groups in total. The van der Waals surface area contributed by atoms with E-state index in [1.165, 1.54) is 100 Å². The van der Waals surface area contributed by atoms with Gasteiger partial charge in [0.05, 0.1) is 22.5 Å². The van der Waals surface area contributed by atoms with Crippen LogP contribution >= 0.6 is 0 Å². The molecule has 1 spiro atoms. The summed E-state index contributed by atoms with van der Waals surface area (Å²) in [5, 5.41) is 0. The van der Waals surface area contributed by atoms with Crippen molar-refractivity contribution in [2.75, 3.05) is 9.80 Å². The van der Waals surface area contributed by atoms with Crippen LogP contribution in [0.3, 0.4) is 0 Å². The van der Waals surface area contributed by atoms with Crippen LogP contribution in [0.5, 0.6) is 0 Å². The molecule has 0 saturated heterocycles. The summed E-state index contributed by atoms with van der Waals surface area (Å²) in [6.07, 6.45) is 0. The molecular weight excluding hydrogens is 869 g/mol. The molecule has 1 heterocycles. The van der Waals surface area contributed by atoms with E-state index in [1.807, 2.05) is 0 Å². The Labute approximate surface area is 422 Å². The maximum atomic E-state index is 2.45. The van der Waals surface area contributed by atoms with Crippen molar-refractivity contribution in [3.05, 3.63) is 300 Å². The molecule has 340 valence electrons. The molecular formula is C70H50N2. The first-order valence-corrected chi connectivity index (χ1v) is 25.2. The van der Waals surface area contributed by atoms with Crippen LogP contribution in [0, 0.1) is 0 Å². The van der Waals surface area contributed by atoms with E-state index in [4.69, 9.17) is 0 Å². The molecule has 2 nitrogen and oxygen atoms in total. The second-order valence-electron chi connectivity index (χ2n) is 20.0. The Hall–Kier alpha value is -8.98. The molecule has 14 rings (SSSR count). The zero-order valence-electron chi connectivity index (χ0n) is 40.3. The molecule has 3 aliphatic rings. The highest BCUT2D eigenvalue weighted by molar-refractivity contribution is 6.00. The summed E-state index contributed by atoms with van der Waals surface area (Å²) in [4.78, 5) is 4.87. The highest BCUT2D eigenvalue weighted by Crippen LogP contribution is 2.64. The minimum absolute atomic E-state index is 0.0617. The first-order valence-electron chi connectivity index (χ1n) is 25.2. The van der Waals surface area contributed by atoms with Gasteiger partial charge in [0.2, 0.25) is 0 Å².